The number of halogens is 1. The number of benzene rings is 2. The Morgan fingerprint density at radius 3 is 2.87 bits per heavy atom. The molecule has 2 heterocycles. The highest BCUT2D eigenvalue weighted by atomic mass is 35.5. The van der Waals surface area contributed by atoms with Crippen molar-refractivity contribution in [2.75, 3.05) is 44.3 Å². The number of carbonyl (C=O) groups excluding carboxylic acids is 1. The number of carbonyl (C=O) groups is 1. The summed E-state index contributed by atoms with van der Waals surface area (Å²) in [5, 5.41) is 1.43. The SMILES string of the molecule is Cc1cccc(CC(=O)N(CCCN2CCOCC2)c2nc3ccc(Cl)cc3s2)c1. The Labute approximate surface area is 186 Å². The first-order valence-corrected chi connectivity index (χ1v) is 11.5. The summed E-state index contributed by atoms with van der Waals surface area (Å²) in [4.78, 5) is 22.3. The molecule has 1 amide bonds. The standard InChI is InChI=1S/C23H26ClN3O2S/c1-17-4-2-5-18(14-17)15-22(28)27(9-3-8-26-10-12-29-13-11-26)23-25-20-7-6-19(24)16-21(20)30-23/h2,4-7,14,16H,3,8-13,15H2,1H3. The highest BCUT2D eigenvalue weighted by Gasteiger charge is 2.21. The minimum atomic E-state index is 0.0766. The van der Waals surface area contributed by atoms with Crippen LogP contribution in [0.2, 0.25) is 5.02 Å². The molecule has 0 aliphatic carbocycles. The van der Waals surface area contributed by atoms with Gasteiger partial charge in [0.05, 0.1) is 29.9 Å². The van der Waals surface area contributed by atoms with Crippen molar-refractivity contribution in [1.82, 2.24) is 9.88 Å². The summed E-state index contributed by atoms with van der Waals surface area (Å²) in [5.74, 6) is 0.0766. The van der Waals surface area contributed by atoms with Crippen molar-refractivity contribution in [2.45, 2.75) is 19.8 Å². The number of aryl methyl sites for hydroxylation is 1. The highest BCUT2D eigenvalue weighted by Crippen LogP contribution is 2.31. The summed E-state index contributed by atoms with van der Waals surface area (Å²) >= 11 is 7.67. The molecule has 4 rings (SSSR count). The topological polar surface area (TPSA) is 45.7 Å². The number of thiazole rings is 1. The van der Waals surface area contributed by atoms with Gasteiger partial charge >= 0.3 is 0 Å². The van der Waals surface area contributed by atoms with E-state index in [0.29, 0.717) is 18.0 Å². The van der Waals surface area contributed by atoms with Gasteiger partial charge in [-0.1, -0.05) is 52.8 Å². The van der Waals surface area contributed by atoms with Gasteiger partial charge < -0.3 is 4.74 Å². The number of anilines is 1. The lowest BCUT2D eigenvalue weighted by molar-refractivity contribution is -0.118. The maximum absolute atomic E-state index is 13.3. The Kier molecular flexibility index (Phi) is 7.00. The quantitative estimate of drug-likeness (QED) is 0.537. The Hall–Kier alpha value is -1.99. The fourth-order valence-corrected chi connectivity index (χ4v) is 4.98. The molecule has 1 aromatic heterocycles. The molecular formula is C23H26ClN3O2S. The molecule has 30 heavy (non-hydrogen) atoms. The van der Waals surface area contributed by atoms with Gasteiger partial charge in [0.2, 0.25) is 5.91 Å². The number of rotatable bonds is 7. The number of hydrogen-bond acceptors (Lipinski definition) is 5. The largest absolute Gasteiger partial charge is 0.379 e. The van der Waals surface area contributed by atoms with Crippen LogP contribution >= 0.6 is 22.9 Å². The number of fused-ring (bicyclic) bond motifs is 1. The Bertz CT molecular complexity index is 1020. The number of hydrogen-bond donors (Lipinski definition) is 0. The molecule has 0 spiro atoms. The summed E-state index contributed by atoms with van der Waals surface area (Å²) in [6.45, 7) is 7.13. The van der Waals surface area contributed by atoms with Crippen LogP contribution in [-0.4, -0.2) is 55.2 Å². The average Bonchev–Trinajstić information content (AvgIpc) is 3.14. The second kappa shape index (κ2) is 9.88. The molecule has 158 valence electrons. The van der Waals surface area contributed by atoms with Gasteiger partial charge in [0.15, 0.2) is 5.13 Å². The molecule has 1 fully saturated rings. The average molecular weight is 444 g/mol. The van der Waals surface area contributed by atoms with Gasteiger partial charge in [0, 0.05) is 31.2 Å². The lowest BCUT2D eigenvalue weighted by Crippen LogP contribution is -2.39. The summed E-state index contributed by atoms with van der Waals surface area (Å²) in [6.07, 6.45) is 1.27. The van der Waals surface area contributed by atoms with Crippen molar-refractivity contribution < 1.29 is 9.53 Å². The zero-order valence-corrected chi connectivity index (χ0v) is 18.7. The van der Waals surface area contributed by atoms with Gasteiger partial charge in [0.1, 0.15) is 0 Å². The van der Waals surface area contributed by atoms with Crippen LogP contribution in [0.5, 0.6) is 0 Å². The van der Waals surface area contributed by atoms with Gasteiger partial charge in [-0.05, 0) is 37.1 Å². The van der Waals surface area contributed by atoms with Gasteiger partial charge in [-0.2, -0.15) is 0 Å². The Morgan fingerprint density at radius 2 is 2.07 bits per heavy atom. The molecular weight excluding hydrogens is 418 g/mol. The van der Waals surface area contributed by atoms with E-state index in [-0.39, 0.29) is 5.91 Å². The maximum atomic E-state index is 13.3. The number of ether oxygens (including phenoxy) is 1. The molecule has 2 aromatic carbocycles. The normalized spacial score (nSPS) is 14.9. The van der Waals surface area contributed by atoms with Crippen LogP contribution in [0.15, 0.2) is 42.5 Å². The van der Waals surface area contributed by atoms with E-state index < -0.39 is 0 Å². The van der Waals surface area contributed by atoms with Crippen LogP contribution in [0.3, 0.4) is 0 Å². The first-order valence-electron chi connectivity index (χ1n) is 10.3. The minimum Gasteiger partial charge on any atom is -0.379 e. The predicted octanol–water partition coefficient (Wildman–Crippen LogP) is 4.56. The second-order valence-electron chi connectivity index (χ2n) is 7.63. The number of nitrogens with zero attached hydrogens (tertiary/aromatic N) is 3. The maximum Gasteiger partial charge on any atom is 0.233 e. The third-order valence-corrected chi connectivity index (χ3v) is 6.55. The van der Waals surface area contributed by atoms with Crippen LogP contribution in [0.1, 0.15) is 17.5 Å². The first kappa shape index (κ1) is 21.2. The summed E-state index contributed by atoms with van der Waals surface area (Å²) in [6, 6.07) is 13.8. The molecule has 1 aliphatic heterocycles. The van der Waals surface area contributed by atoms with Crippen molar-refractivity contribution in [2.24, 2.45) is 0 Å². The molecule has 7 heteroatoms. The van der Waals surface area contributed by atoms with Crippen molar-refractivity contribution >= 4 is 44.2 Å². The molecule has 0 unspecified atom stereocenters. The zero-order chi connectivity index (χ0) is 20.9. The van der Waals surface area contributed by atoms with Gasteiger partial charge in [-0.3, -0.25) is 14.6 Å². The Morgan fingerprint density at radius 1 is 1.23 bits per heavy atom. The van der Waals surface area contributed by atoms with Crippen molar-refractivity contribution in [3.05, 3.63) is 58.6 Å². The number of amides is 1. The predicted molar refractivity (Wildman–Crippen MR) is 124 cm³/mol. The summed E-state index contributed by atoms with van der Waals surface area (Å²) in [7, 11) is 0. The van der Waals surface area contributed by atoms with Crippen LogP contribution in [0.4, 0.5) is 5.13 Å². The van der Waals surface area contributed by atoms with Gasteiger partial charge in [-0.15, -0.1) is 0 Å². The fourth-order valence-electron chi connectivity index (χ4n) is 3.70. The molecule has 0 N–H and O–H groups in total. The van der Waals surface area contributed by atoms with Crippen LogP contribution < -0.4 is 4.90 Å². The van der Waals surface area contributed by atoms with E-state index in [1.54, 1.807) is 0 Å². The van der Waals surface area contributed by atoms with Gasteiger partial charge in [0.25, 0.3) is 0 Å². The molecule has 3 aromatic rings. The molecule has 1 saturated heterocycles. The second-order valence-corrected chi connectivity index (χ2v) is 9.07. The van der Waals surface area contributed by atoms with E-state index >= 15 is 0 Å². The van der Waals surface area contributed by atoms with E-state index in [1.165, 1.54) is 11.3 Å². The fraction of sp³-hybridized carbons (Fsp3) is 0.391. The summed E-state index contributed by atoms with van der Waals surface area (Å²) in [5.41, 5.74) is 3.07. The van der Waals surface area contributed by atoms with E-state index in [9.17, 15) is 4.79 Å². The van der Waals surface area contributed by atoms with E-state index in [1.807, 2.05) is 48.2 Å². The molecule has 0 atom stereocenters. The third kappa shape index (κ3) is 5.38. The van der Waals surface area contributed by atoms with Crippen molar-refractivity contribution in [3.63, 3.8) is 0 Å². The van der Waals surface area contributed by atoms with E-state index in [2.05, 4.69) is 11.0 Å². The minimum absolute atomic E-state index is 0.0766. The lowest BCUT2D eigenvalue weighted by Gasteiger charge is -2.27. The zero-order valence-electron chi connectivity index (χ0n) is 17.1. The first-order chi connectivity index (χ1) is 14.6. The van der Waals surface area contributed by atoms with Crippen molar-refractivity contribution in [1.29, 1.82) is 0 Å². The molecule has 0 radical (unpaired) electrons. The van der Waals surface area contributed by atoms with Gasteiger partial charge in [-0.25, -0.2) is 4.98 Å². The highest BCUT2D eigenvalue weighted by molar-refractivity contribution is 7.22. The van der Waals surface area contributed by atoms with E-state index in [0.717, 1.165) is 65.7 Å². The molecule has 5 nitrogen and oxygen atoms in total. The number of morpholine rings is 1. The smallest absolute Gasteiger partial charge is 0.233 e. The molecule has 0 bridgehead atoms. The lowest BCUT2D eigenvalue weighted by atomic mass is 10.1. The summed E-state index contributed by atoms with van der Waals surface area (Å²) < 4.78 is 6.43. The molecule has 1 aliphatic rings. The Balaban J connectivity index is 1.52. The third-order valence-electron chi connectivity index (χ3n) is 5.27. The van der Waals surface area contributed by atoms with Crippen molar-refractivity contribution in [3.8, 4) is 0 Å². The number of aromatic nitrogens is 1. The van der Waals surface area contributed by atoms with Crippen LogP contribution in [0.25, 0.3) is 10.2 Å². The van der Waals surface area contributed by atoms with Crippen LogP contribution in [0, 0.1) is 6.92 Å². The van der Waals surface area contributed by atoms with Crippen LogP contribution in [-0.2, 0) is 16.0 Å². The van der Waals surface area contributed by atoms with E-state index in [4.69, 9.17) is 21.3 Å². The monoisotopic (exact) mass is 443 g/mol. The molecule has 0 saturated carbocycles.